The fourth-order valence-electron chi connectivity index (χ4n) is 3.33. The Bertz CT molecular complexity index is 1040. The number of allylic oxidation sites excluding steroid dienone is 2. The van der Waals surface area contributed by atoms with Crippen molar-refractivity contribution in [1.82, 2.24) is 4.90 Å². The zero-order valence-corrected chi connectivity index (χ0v) is 16.3. The lowest BCUT2D eigenvalue weighted by molar-refractivity contribution is -0.359. The molecule has 1 amide bonds. The quantitative estimate of drug-likeness (QED) is 0.598. The van der Waals surface area contributed by atoms with Gasteiger partial charge in [-0.2, -0.15) is 22.0 Å². The van der Waals surface area contributed by atoms with Crippen LogP contribution in [0.15, 0.2) is 46.0 Å². The number of thiophene rings is 1. The molecule has 1 unspecified atom stereocenters. The van der Waals surface area contributed by atoms with E-state index in [0.29, 0.717) is 17.4 Å². The molecule has 13 heteroatoms. The van der Waals surface area contributed by atoms with E-state index in [-0.39, 0.29) is 28.8 Å². The van der Waals surface area contributed by atoms with Crippen molar-refractivity contribution in [3.05, 3.63) is 51.5 Å². The van der Waals surface area contributed by atoms with E-state index in [2.05, 4.69) is 4.74 Å². The van der Waals surface area contributed by atoms with E-state index in [0.717, 1.165) is 16.4 Å². The number of carboxylic acids is 1. The molecule has 1 atom stereocenters. The number of halogens is 6. The molecule has 1 aromatic heterocycles. The van der Waals surface area contributed by atoms with E-state index in [1.165, 1.54) is 6.92 Å². The summed E-state index contributed by atoms with van der Waals surface area (Å²) in [4.78, 5) is 25.2. The van der Waals surface area contributed by atoms with Gasteiger partial charge in [-0.1, -0.05) is 0 Å². The number of hydrogen-bond acceptors (Lipinski definition) is 5. The zero-order valence-electron chi connectivity index (χ0n) is 15.5. The highest BCUT2D eigenvalue weighted by molar-refractivity contribution is 7.12. The maximum atomic E-state index is 14.5. The van der Waals surface area contributed by atoms with Crippen molar-refractivity contribution in [2.24, 2.45) is 0 Å². The first-order chi connectivity index (χ1) is 14.2. The minimum atomic E-state index is -5.96. The van der Waals surface area contributed by atoms with Crippen LogP contribution in [0.4, 0.5) is 26.3 Å². The van der Waals surface area contributed by atoms with Crippen molar-refractivity contribution in [3.8, 4) is 5.06 Å². The molecule has 2 N–H and O–H groups in total. The fourth-order valence-corrected chi connectivity index (χ4v) is 4.09. The highest BCUT2D eigenvalue weighted by Gasteiger charge is 2.61. The molecular formula is C18H13F6NO5S. The molecule has 0 bridgehead atoms. The molecule has 1 aliphatic carbocycles. The minimum Gasteiger partial charge on any atom is -0.505 e. The number of aliphatic hydroxyl groups is 1. The Balaban J connectivity index is 1.95. The van der Waals surface area contributed by atoms with E-state index >= 15 is 0 Å². The third-order valence-corrected chi connectivity index (χ3v) is 5.50. The number of aliphatic hydroxyl groups excluding tert-OH is 1. The van der Waals surface area contributed by atoms with Gasteiger partial charge in [0.1, 0.15) is 5.76 Å². The van der Waals surface area contributed by atoms with Crippen LogP contribution in [-0.2, 0) is 4.79 Å². The number of nitrogens with zero attached hydrogens (tertiary/aromatic N) is 1. The Hall–Kier alpha value is -2.96. The van der Waals surface area contributed by atoms with Crippen molar-refractivity contribution < 1.29 is 50.9 Å². The van der Waals surface area contributed by atoms with Crippen LogP contribution in [-0.4, -0.2) is 45.3 Å². The van der Waals surface area contributed by atoms with Gasteiger partial charge in [-0.25, -0.2) is 4.39 Å². The standard InChI is InChI=1S/C18H13F6NO5S/c1-7-9(5-12(27)28)14-10(2-3-11(26)15(14)19)25(7)16(29)8-4-13(31-6-8)30-18(23,24)17(20,21)22/h3-4,6,10,26H,2,5H2,1H3,(H,27,28). The van der Waals surface area contributed by atoms with Crippen LogP contribution in [0.3, 0.4) is 0 Å². The normalized spacial score (nSPS) is 19.5. The van der Waals surface area contributed by atoms with Crippen LogP contribution >= 0.6 is 11.3 Å². The molecule has 0 spiro atoms. The van der Waals surface area contributed by atoms with Gasteiger partial charge < -0.3 is 19.8 Å². The number of hydrogen-bond donors (Lipinski definition) is 2. The second kappa shape index (κ2) is 7.62. The number of carboxylic acid groups (broad SMARTS) is 1. The summed E-state index contributed by atoms with van der Waals surface area (Å²) in [6.07, 6.45) is -11.1. The van der Waals surface area contributed by atoms with Gasteiger partial charge in [0.2, 0.25) is 0 Å². The van der Waals surface area contributed by atoms with Crippen LogP contribution in [0, 0.1) is 0 Å². The van der Waals surface area contributed by atoms with Crippen LogP contribution < -0.4 is 4.74 Å². The summed E-state index contributed by atoms with van der Waals surface area (Å²) in [6.45, 7) is 1.34. The number of fused-ring (bicyclic) bond motifs is 1. The third-order valence-electron chi connectivity index (χ3n) is 4.69. The molecule has 6 nitrogen and oxygen atoms in total. The topological polar surface area (TPSA) is 87.1 Å². The minimum absolute atomic E-state index is 0.0432. The highest BCUT2D eigenvalue weighted by Crippen LogP contribution is 2.45. The Morgan fingerprint density at radius 2 is 1.94 bits per heavy atom. The Kier molecular flexibility index (Phi) is 5.59. The molecular weight excluding hydrogens is 456 g/mol. The Morgan fingerprint density at radius 3 is 2.52 bits per heavy atom. The van der Waals surface area contributed by atoms with Gasteiger partial charge in [-0.05, 0) is 25.0 Å². The van der Waals surface area contributed by atoms with Gasteiger partial charge in [0.25, 0.3) is 5.91 Å². The van der Waals surface area contributed by atoms with Crippen molar-refractivity contribution >= 4 is 23.2 Å². The summed E-state index contributed by atoms with van der Waals surface area (Å²) in [5.41, 5.74) is -0.491. The number of ether oxygens (including phenoxy) is 1. The first-order valence-electron chi connectivity index (χ1n) is 8.51. The first-order valence-corrected chi connectivity index (χ1v) is 9.39. The molecule has 168 valence electrons. The number of alkyl halides is 5. The highest BCUT2D eigenvalue weighted by atomic mass is 32.1. The van der Waals surface area contributed by atoms with E-state index < -0.39 is 53.3 Å². The molecule has 2 heterocycles. The van der Waals surface area contributed by atoms with Gasteiger partial charge >= 0.3 is 18.3 Å². The summed E-state index contributed by atoms with van der Waals surface area (Å²) in [6, 6.07) is -0.330. The largest absolute Gasteiger partial charge is 0.505 e. The summed E-state index contributed by atoms with van der Waals surface area (Å²) in [5.74, 6) is -4.01. The van der Waals surface area contributed by atoms with Crippen LogP contribution in [0.2, 0.25) is 0 Å². The summed E-state index contributed by atoms with van der Waals surface area (Å²) in [5, 5.41) is 18.9. The molecule has 0 saturated heterocycles. The van der Waals surface area contributed by atoms with Crippen molar-refractivity contribution in [1.29, 1.82) is 0 Å². The molecule has 3 rings (SSSR count). The molecule has 0 saturated carbocycles. The molecule has 2 aliphatic rings. The number of carbonyl (C=O) groups is 2. The smallest absolute Gasteiger partial charge is 0.499 e. The molecule has 31 heavy (non-hydrogen) atoms. The monoisotopic (exact) mass is 469 g/mol. The molecule has 1 aliphatic heterocycles. The van der Waals surface area contributed by atoms with Crippen LogP contribution in [0.5, 0.6) is 5.06 Å². The Labute approximate surface area is 174 Å². The summed E-state index contributed by atoms with van der Waals surface area (Å²) < 4.78 is 81.3. The predicted octanol–water partition coefficient (Wildman–Crippen LogP) is 4.92. The van der Waals surface area contributed by atoms with Crippen molar-refractivity contribution in [3.63, 3.8) is 0 Å². The summed E-state index contributed by atoms with van der Waals surface area (Å²) >= 11 is 0.325. The van der Waals surface area contributed by atoms with Crippen molar-refractivity contribution in [2.75, 3.05) is 0 Å². The molecule has 0 fully saturated rings. The average Bonchev–Trinajstić information content (AvgIpc) is 3.19. The van der Waals surface area contributed by atoms with Gasteiger partial charge in [-0.15, -0.1) is 11.3 Å². The SMILES string of the molecule is CC1=C(CC(=O)O)C2=C(F)C(O)=CCC2N1C(=O)c1csc(OC(F)(F)C(F)(F)F)c1. The number of amides is 1. The van der Waals surface area contributed by atoms with E-state index in [9.17, 15) is 41.0 Å². The maximum absolute atomic E-state index is 14.5. The van der Waals surface area contributed by atoms with E-state index in [1.54, 1.807) is 0 Å². The van der Waals surface area contributed by atoms with E-state index in [1.807, 2.05) is 0 Å². The average molecular weight is 469 g/mol. The lowest BCUT2D eigenvalue weighted by Gasteiger charge is -2.28. The second-order valence-electron chi connectivity index (χ2n) is 6.65. The van der Waals surface area contributed by atoms with Crippen LogP contribution in [0.25, 0.3) is 0 Å². The number of aliphatic carboxylic acids is 1. The predicted molar refractivity (Wildman–Crippen MR) is 94.3 cm³/mol. The number of carbonyl (C=O) groups excluding carboxylic acids is 1. The van der Waals surface area contributed by atoms with Gasteiger partial charge in [0.15, 0.2) is 10.9 Å². The number of rotatable bonds is 5. The maximum Gasteiger partial charge on any atom is 0.499 e. The lowest BCUT2D eigenvalue weighted by Crippen LogP contribution is -2.41. The third kappa shape index (κ3) is 4.01. The molecule has 0 aromatic carbocycles. The second-order valence-corrected chi connectivity index (χ2v) is 7.52. The molecule has 0 radical (unpaired) electrons. The van der Waals surface area contributed by atoms with E-state index in [4.69, 9.17) is 5.11 Å². The van der Waals surface area contributed by atoms with Gasteiger partial charge in [-0.3, -0.25) is 9.59 Å². The zero-order chi connectivity index (χ0) is 23.3. The van der Waals surface area contributed by atoms with Gasteiger partial charge in [0, 0.05) is 22.7 Å². The first kappa shape index (κ1) is 22.7. The lowest BCUT2D eigenvalue weighted by atomic mass is 9.92. The Morgan fingerprint density at radius 1 is 1.29 bits per heavy atom. The fraction of sp³-hybridized carbons (Fsp3) is 0.333. The van der Waals surface area contributed by atoms with Gasteiger partial charge in [0.05, 0.1) is 18.0 Å². The molecule has 1 aromatic rings. The van der Waals surface area contributed by atoms with Crippen LogP contribution in [0.1, 0.15) is 30.1 Å². The van der Waals surface area contributed by atoms with Crippen molar-refractivity contribution in [2.45, 2.75) is 38.1 Å². The summed E-state index contributed by atoms with van der Waals surface area (Å²) in [7, 11) is 0.